The van der Waals surface area contributed by atoms with Crippen LogP contribution in [0.5, 0.6) is 0 Å². The third-order valence-corrected chi connectivity index (χ3v) is 3.94. The second-order valence-corrected chi connectivity index (χ2v) is 5.75. The van der Waals surface area contributed by atoms with Crippen LogP contribution in [0.3, 0.4) is 0 Å². The average Bonchev–Trinajstić information content (AvgIpc) is 3.29. The summed E-state index contributed by atoms with van der Waals surface area (Å²) in [6, 6.07) is 10.7. The van der Waals surface area contributed by atoms with Crippen molar-refractivity contribution in [1.29, 1.82) is 0 Å². The quantitative estimate of drug-likeness (QED) is 0.483. The summed E-state index contributed by atoms with van der Waals surface area (Å²) in [5, 5.41) is 7.64. The SMILES string of the molecule is O=C(CCC(=O)c1ccccc1)OCc1nc(-c2ccsc2)no1. The van der Waals surface area contributed by atoms with Crippen LogP contribution in [-0.2, 0) is 16.1 Å². The molecule has 0 bridgehead atoms. The first-order valence-corrected chi connectivity index (χ1v) is 8.25. The van der Waals surface area contributed by atoms with Crippen molar-refractivity contribution in [3.63, 3.8) is 0 Å². The zero-order valence-corrected chi connectivity index (χ0v) is 13.5. The zero-order valence-electron chi connectivity index (χ0n) is 12.7. The van der Waals surface area contributed by atoms with E-state index in [1.165, 1.54) is 11.3 Å². The van der Waals surface area contributed by atoms with Gasteiger partial charge in [0.2, 0.25) is 5.82 Å². The van der Waals surface area contributed by atoms with Crippen LogP contribution >= 0.6 is 11.3 Å². The smallest absolute Gasteiger partial charge is 0.306 e. The normalized spacial score (nSPS) is 10.5. The molecule has 0 aliphatic heterocycles. The van der Waals surface area contributed by atoms with Crippen molar-refractivity contribution in [3.8, 4) is 11.4 Å². The van der Waals surface area contributed by atoms with E-state index in [9.17, 15) is 9.59 Å². The fourth-order valence-electron chi connectivity index (χ4n) is 2.02. The topological polar surface area (TPSA) is 82.3 Å². The maximum absolute atomic E-state index is 11.9. The molecule has 7 heteroatoms. The highest BCUT2D eigenvalue weighted by Crippen LogP contribution is 2.18. The van der Waals surface area contributed by atoms with Crippen LogP contribution < -0.4 is 0 Å². The number of carbonyl (C=O) groups is 2. The van der Waals surface area contributed by atoms with Gasteiger partial charge >= 0.3 is 5.97 Å². The van der Waals surface area contributed by atoms with Crippen LogP contribution in [0.1, 0.15) is 29.1 Å². The summed E-state index contributed by atoms with van der Waals surface area (Å²) in [5.41, 5.74) is 1.44. The summed E-state index contributed by atoms with van der Waals surface area (Å²) in [6.07, 6.45) is 0.117. The van der Waals surface area contributed by atoms with Gasteiger partial charge in [-0.15, -0.1) is 0 Å². The van der Waals surface area contributed by atoms with E-state index in [4.69, 9.17) is 9.26 Å². The molecule has 1 aromatic carbocycles. The van der Waals surface area contributed by atoms with Crippen molar-refractivity contribution in [3.05, 3.63) is 58.6 Å². The molecule has 0 aliphatic carbocycles. The van der Waals surface area contributed by atoms with Crippen LogP contribution in [0, 0.1) is 0 Å². The zero-order chi connectivity index (χ0) is 16.8. The Morgan fingerprint density at radius 2 is 1.96 bits per heavy atom. The molecule has 3 rings (SSSR count). The minimum atomic E-state index is -0.477. The molecule has 0 radical (unpaired) electrons. The molecule has 24 heavy (non-hydrogen) atoms. The lowest BCUT2D eigenvalue weighted by molar-refractivity contribution is -0.145. The van der Waals surface area contributed by atoms with Crippen molar-refractivity contribution >= 4 is 23.1 Å². The van der Waals surface area contributed by atoms with E-state index in [0.717, 1.165) is 5.56 Å². The number of hydrogen-bond donors (Lipinski definition) is 0. The third-order valence-electron chi connectivity index (χ3n) is 3.26. The van der Waals surface area contributed by atoms with E-state index in [2.05, 4.69) is 10.1 Å². The molecule has 6 nitrogen and oxygen atoms in total. The van der Waals surface area contributed by atoms with Crippen molar-refractivity contribution in [2.45, 2.75) is 19.4 Å². The maximum Gasteiger partial charge on any atom is 0.306 e. The summed E-state index contributed by atoms with van der Waals surface area (Å²) in [7, 11) is 0. The fraction of sp³-hybridized carbons (Fsp3) is 0.176. The Morgan fingerprint density at radius 3 is 2.71 bits per heavy atom. The van der Waals surface area contributed by atoms with Gasteiger partial charge in [-0.1, -0.05) is 35.5 Å². The number of thiophene rings is 1. The molecular weight excluding hydrogens is 328 g/mol. The molecule has 0 saturated heterocycles. The summed E-state index contributed by atoms with van der Waals surface area (Å²) in [6.45, 7) is -0.102. The number of Topliss-reactive ketones (excluding diaryl/α,β-unsaturated/α-hetero) is 1. The predicted molar refractivity (Wildman–Crippen MR) is 87.4 cm³/mol. The van der Waals surface area contributed by atoms with E-state index < -0.39 is 5.97 Å². The molecular formula is C17H14N2O4S. The van der Waals surface area contributed by atoms with Crippen LogP contribution in [0.25, 0.3) is 11.4 Å². The lowest BCUT2D eigenvalue weighted by Crippen LogP contribution is -2.08. The number of esters is 1. The highest BCUT2D eigenvalue weighted by Gasteiger charge is 2.13. The summed E-state index contributed by atoms with van der Waals surface area (Å²) >= 11 is 1.53. The number of nitrogens with zero attached hydrogens (tertiary/aromatic N) is 2. The van der Waals surface area contributed by atoms with Crippen LogP contribution in [0.15, 0.2) is 51.7 Å². The molecule has 3 aromatic rings. The maximum atomic E-state index is 11.9. The molecule has 0 fully saturated rings. The van der Waals surface area contributed by atoms with Gasteiger partial charge in [-0.25, -0.2) is 0 Å². The molecule has 0 amide bonds. The number of ketones is 1. The third kappa shape index (κ3) is 4.14. The van der Waals surface area contributed by atoms with Gasteiger partial charge in [0, 0.05) is 22.9 Å². The lowest BCUT2D eigenvalue weighted by atomic mass is 10.1. The van der Waals surface area contributed by atoms with Crippen LogP contribution in [0.4, 0.5) is 0 Å². The Bertz CT molecular complexity index is 812. The summed E-state index contributed by atoms with van der Waals surface area (Å²) in [4.78, 5) is 27.8. The Hall–Kier alpha value is -2.80. The fourth-order valence-corrected chi connectivity index (χ4v) is 2.66. The van der Waals surface area contributed by atoms with E-state index in [1.807, 2.05) is 22.9 Å². The largest absolute Gasteiger partial charge is 0.456 e. The molecule has 0 unspecified atom stereocenters. The van der Waals surface area contributed by atoms with E-state index in [-0.39, 0.29) is 31.1 Å². The van der Waals surface area contributed by atoms with Gasteiger partial charge in [0.1, 0.15) is 0 Å². The van der Waals surface area contributed by atoms with Crippen LogP contribution in [-0.4, -0.2) is 21.9 Å². The average molecular weight is 342 g/mol. The number of hydrogen-bond acceptors (Lipinski definition) is 7. The van der Waals surface area contributed by atoms with Gasteiger partial charge in [0.25, 0.3) is 5.89 Å². The Balaban J connectivity index is 1.45. The monoisotopic (exact) mass is 342 g/mol. The summed E-state index contributed by atoms with van der Waals surface area (Å²) < 4.78 is 10.1. The minimum absolute atomic E-state index is 0.0131. The van der Waals surface area contributed by atoms with Gasteiger partial charge in [0.05, 0.1) is 6.42 Å². The summed E-state index contributed by atoms with van der Waals surface area (Å²) in [5.74, 6) is 0.111. The van der Waals surface area contributed by atoms with Gasteiger partial charge in [-0.05, 0) is 11.4 Å². The molecule has 0 atom stereocenters. The number of rotatable bonds is 7. The van der Waals surface area contributed by atoms with E-state index >= 15 is 0 Å². The van der Waals surface area contributed by atoms with Gasteiger partial charge < -0.3 is 9.26 Å². The van der Waals surface area contributed by atoms with Gasteiger partial charge in [0.15, 0.2) is 12.4 Å². The molecule has 0 aliphatic rings. The van der Waals surface area contributed by atoms with Crippen LogP contribution in [0.2, 0.25) is 0 Å². The van der Waals surface area contributed by atoms with Crippen molar-refractivity contribution < 1.29 is 18.8 Å². The molecule has 0 N–H and O–H groups in total. The number of ether oxygens (including phenoxy) is 1. The van der Waals surface area contributed by atoms with Gasteiger partial charge in [-0.2, -0.15) is 16.3 Å². The van der Waals surface area contributed by atoms with E-state index in [1.54, 1.807) is 24.3 Å². The highest BCUT2D eigenvalue weighted by atomic mass is 32.1. The Morgan fingerprint density at radius 1 is 1.12 bits per heavy atom. The number of benzene rings is 1. The van der Waals surface area contributed by atoms with Crippen molar-refractivity contribution in [2.75, 3.05) is 0 Å². The van der Waals surface area contributed by atoms with Gasteiger partial charge in [-0.3, -0.25) is 9.59 Å². The van der Waals surface area contributed by atoms with E-state index in [0.29, 0.717) is 11.4 Å². The number of aromatic nitrogens is 2. The first-order chi connectivity index (χ1) is 11.7. The lowest BCUT2D eigenvalue weighted by Gasteiger charge is -2.02. The molecule has 0 spiro atoms. The van der Waals surface area contributed by atoms with Crippen molar-refractivity contribution in [1.82, 2.24) is 10.1 Å². The molecule has 122 valence electrons. The second kappa shape index (κ2) is 7.65. The first-order valence-electron chi connectivity index (χ1n) is 7.31. The minimum Gasteiger partial charge on any atom is -0.456 e. The highest BCUT2D eigenvalue weighted by molar-refractivity contribution is 7.08. The molecule has 0 saturated carbocycles. The van der Waals surface area contributed by atoms with Crippen molar-refractivity contribution in [2.24, 2.45) is 0 Å². The molecule has 2 aromatic heterocycles. The molecule has 2 heterocycles. The second-order valence-electron chi connectivity index (χ2n) is 4.97. The Kier molecular flexibility index (Phi) is 5.12. The first kappa shape index (κ1) is 16.1. The Labute approximate surface area is 142 Å². The number of carbonyl (C=O) groups excluding carboxylic acids is 2. The standard InChI is InChI=1S/C17H14N2O4S/c20-14(12-4-2-1-3-5-12)6-7-16(21)22-10-15-18-17(19-23-15)13-8-9-24-11-13/h1-5,8-9,11H,6-7,10H2. The predicted octanol–water partition coefficient (Wildman–Crippen LogP) is 3.50.